The van der Waals surface area contributed by atoms with Crippen molar-refractivity contribution in [2.45, 2.75) is 19.6 Å². The van der Waals surface area contributed by atoms with Crippen LogP contribution in [-0.2, 0) is 11.5 Å². The molecular weight excluding hydrogens is 497 g/mol. The van der Waals surface area contributed by atoms with Crippen LogP contribution in [0.5, 0.6) is 5.75 Å². The number of alkyl halides is 1. The molecule has 0 bridgehead atoms. The topological polar surface area (TPSA) is 120 Å². The summed E-state index contributed by atoms with van der Waals surface area (Å²) in [6.07, 6.45) is 0. The third-order valence-electron chi connectivity index (χ3n) is 6.22. The predicted molar refractivity (Wildman–Crippen MR) is 142 cm³/mol. The number of hydrogen-bond acceptors (Lipinski definition) is 7. The molecule has 0 spiro atoms. The molecule has 1 N–H and O–H groups in total. The average Bonchev–Trinajstić information content (AvgIpc) is 3.38. The Balaban J connectivity index is 1.55. The number of carbonyl (C=O) groups is 1. The predicted octanol–water partition coefficient (Wildman–Crippen LogP) is 5.18. The SMILES string of the molecule is CC1=C(C#N)[C@@H](c2ccc(C#N)cc2)n2nc(NC(=O)COc3ccccc3)nc2N1c1cccc(CF)c1. The van der Waals surface area contributed by atoms with E-state index in [-0.39, 0.29) is 12.6 Å². The van der Waals surface area contributed by atoms with Gasteiger partial charge in [-0.3, -0.25) is 15.0 Å². The van der Waals surface area contributed by atoms with Crippen LogP contribution >= 0.6 is 0 Å². The molecule has 0 saturated heterocycles. The molecule has 4 aromatic rings. The molecule has 0 unspecified atom stereocenters. The van der Waals surface area contributed by atoms with Gasteiger partial charge in [0.25, 0.3) is 11.9 Å². The van der Waals surface area contributed by atoms with Gasteiger partial charge in [0.15, 0.2) is 6.61 Å². The van der Waals surface area contributed by atoms with E-state index in [2.05, 4.69) is 27.5 Å². The minimum atomic E-state index is -0.669. The van der Waals surface area contributed by atoms with E-state index in [9.17, 15) is 19.7 Å². The molecule has 9 nitrogen and oxygen atoms in total. The monoisotopic (exact) mass is 519 g/mol. The van der Waals surface area contributed by atoms with E-state index in [0.29, 0.717) is 45.3 Å². The summed E-state index contributed by atoms with van der Waals surface area (Å²) in [6, 6.07) is 26.3. The van der Waals surface area contributed by atoms with Crippen LogP contribution in [0.3, 0.4) is 0 Å². The van der Waals surface area contributed by atoms with Crippen LogP contribution in [-0.4, -0.2) is 27.3 Å². The van der Waals surface area contributed by atoms with Gasteiger partial charge in [-0.15, -0.1) is 5.10 Å². The van der Waals surface area contributed by atoms with Crippen LogP contribution in [0, 0.1) is 22.7 Å². The van der Waals surface area contributed by atoms with Gasteiger partial charge in [0.05, 0.1) is 23.3 Å². The maximum Gasteiger partial charge on any atom is 0.264 e. The van der Waals surface area contributed by atoms with E-state index in [4.69, 9.17) is 4.74 Å². The number of hydrogen-bond donors (Lipinski definition) is 1. The number of aromatic nitrogens is 3. The Morgan fingerprint density at radius 3 is 2.51 bits per heavy atom. The summed E-state index contributed by atoms with van der Waals surface area (Å²) in [7, 11) is 0. The maximum atomic E-state index is 13.5. The molecule has 10 heteroatoms. The minimum absolute atomic E-state index is 0.0175. The number of nitriles is 2. The highest BCUT2D eigenvalue weighted by Crippen LogP contribution is 2.42. The Labute approximate surface area is 224 Å². The van der Waals surface area contributed by atoms with E-state index in [1.54, 1.807) is 89.3 Å². The molecule has 5 rings (SSSR count). The lowest BCUT2D eigenvalue weighted by molar-refractivity contribution is -0.118. The van der Waals surface area contributed by atoms with Crippen LogP contribution in [0.4, 0.5) is 22.0 Å². The first-order valence-corrected chi connectivity index (χ1v) is 12.0. The first-order chi connectivity index (χ1) is 19.0. The molecule has 0 aliphatic carbocycles. The number of fused-ring (bicyclic) bond motifs is 1. The second kappa shape index (κ2) is 10.9. The van der Waals surface area contributed by atoms with Crippen molar-refractivity contribution in [3.05, 3.63) is 107 Å². The molecule has 0 fully saturated rings. The molecule has 1 amide bonds. The molecule has 39 heavy (non-hydrogen) atoms. The number of amides is 1. The van der Waals surface area contributed by atoms with Crippen molar-refractivity contribution in [1.82, 2.24) is 14.8 Å². The lowest BCUT2D eigenvalue weighted by Crippen LogP contribution is -2.31. The largest absolute Gasteiger partial charge is 0.484 e. The van der Waals surface area contributed by atoms with Crippen molar-refractivity contribution in [2.24, 2.45) is 0 Å². The van der Waals surface area contributed by atoms with Gasteiger partial charge in [0.2, 0.25) is 5.95 Å². The molecule has 1 atom stereocenters. The highest BCUT2D eigenvalue weighted by molar-refractivity contribution is 5.90. The number of allylic oxidation sites excluding steroid dienone is 2. The van der Waals surface area contributed by atoms with E-state index in [1.807, 2.05) is 6.07 Å². The van der Waals surface area contributed by atoms with Crippen molar-refractivity contribution in [1.29, 1.82) is 10.5 Å². The van der Waals surface area contributed by atoms with E-state index in [0.717, 1.165) is 0 Å². The molecule has 0 radical (unpaired) electrons. The van der Waals surface area contributed by atoms with Gasteiger partial charge in [0, 0.05) is 11.4 Å². The van der Waals surface area contributed by atoms with Gasteiger partial charge in [-0.2, -0.15) is 15.5 Å². The minimum Gasteiger partial charge on any atom is -0.484 e. The van der Waals surface area contributed by atoms with Gasteiger partial charge in [0.1, 0.15) is 18.5 Å². The Bertz CT molecular complexity index is 1630. The quantitative estimate of drug-likeness (QED) is 0.357. The number of anilines is 3. The summed E-state index contributed by atoms with van der Waals surface area (Å²) in [4.78, 5) is 19.0. The zero-order valence-corrected chi connectivity index (χ0v) is 20.9. The first-order valence-electron chi connectivity index (χ1n) is 12.0. The number of halogens is 1. The number of para-hydroxylation sites is 1. The molecule has 1 aliphatic rings. The summed E-state index contributed by atoms with van der Waals surface area (Å²) in [5, 5.41) is 26.7. The summed E-state index contributed by atoms with van der Waals surface area (Å²) < 4.78 is 20.6. The second-order valence-electron chi connectivity index (χ2n) is 8.72. The summed E-state index contributed by atoms with van der Waals surface area (Å²) in [5.41, 5.74) is 3.20. The van der Waals surface area contributed by atoms with Crippen LogP contribution < -0.4 is 15.0 Å². The average molecular weight is 520 g/mol. The lowest BCUT2D eigenvalue weighted by atomic mass is 9.95. The highest BCUT2D eigenvalue weighted by atomic mass is 19.1. The van der Waals surface area contributed by atoms with Crippen LogP contribution in [0.25, 0.3) is 0 Å². The van der Waals surface area contributed by atoms with E-state index < -0.39 is 18.6 Å². The summed E-state index contributed by atoms with van der Waals surface area (Å²) in [5.74, 6) is 0.427. The van der Waals surface area contributed by atoms with E-state index >= 15 is 0 Å². The first kappa shape index (κ1) is 25.2. The van der Waals surface area contributed by atoms with Gasteiger partial charge >= 0.3 is 0 Å². The normalized spacial score (nSPS) is 14.3. The fourth-order valence-corrected chi connectivity index (χ4v) is 4.39. The van der Waals surface area contributed by atoms with Gasteiger partial charge < -0.3 is 4.74 Å². The molecule has 2 heterocycles. The molecule has 1 aliphatic heterocycles. The number of rotatable bonds is 7. The number of carbonyl (C=O) groups excluding carboxylic acids is 1. The van der Waals surface area contributed by atoms with Crippen molar-refractivity contribution in [3.8, 4) is 17.9 Å². The molecule has 3 aromatic carbocycles. The second-order valence-corrected chi connectivity index (χ2v) is 8.72. The zero-order valence-electron chi connectivity index (χ0n) is 20.9. The zero-order chi connectivity index (χ0) is 27.4. The third-order valence-corrected chi connectivity index (χ3v) is 6.22. The lowest BCUT2D eigenvalue weighted by Gasteiger charge is -2.34. The van der Waals surface area contributed by atoms with Gasteiger partial charge in [-0.25, -0.2) is 9.07 Å². The Hall–Kier alpha value is -5.48. The summed E-state index contributed by atoms with van der Waals surface area (Å²) in [6.45, 7) is 0.871. The van der Waals surface area contributed by atoms with Crippen molar-refractivity contribution in [2.75, 3.05) is 16.8 Å². The van der Waals surface area contributed by atoms with Crippen LogP contribution in [0.1, 0.15) is 29.7 Å². The number of nitrogens with zero attached hydrogens (tertiary/aromatic N) is 6. The fourth-order valence-electron chi connectivity index (χ4n) is 4.39. The molecular formula is C29H22FN7O2. The molecule has 192 valence electrons. The standard InChI is InChI=1S/C29H22FN7O2/c1-19-25(17-32)27(22-12-10-20(16-31)11-13-22)37-29(36(19)23-7-5-6-21(14-23)15-30)34-28(35-37)33-26(38)18-39-24-8-3-2-4-9-24/h2-14,27H,15,18H2,1H3,(H,33,35,38)/t27-/m1/s1. The Morgan fingerprint density at radius 2 is 1.82 bits per heavy atom. The Morgan fingerprint density at radius 1 is 1.05 bits per heavy atom. The van der Waals surface area contributed by atoms with Crippen molar-refractivity contribution < 1.29 is 13.9 Å². The smallest absolute Gasteiger partial charge is 0.264 e. The van der Waals surface area contributed by atoms with E-state index in [1.165, 1.54) is 0 Å². The number of benzene rings is 3. The van der Waals surface area contributed by atoms with Gasteiger partial charge in [-0.1, -0.05) is 42.5 Å². The van der Waals surface area contributed by atoms with Gasteiger partial charge in [-0.05, 0) is 54.4 Å². The molecule has 0 saturated carbocycles. The van der Waals surface area contributed by atoms with Crippen molar-refractivity contribution in [3.63, 3.8) is 0 Å². The highest BCUT2D eigenvalue weighted by Gasteiger charge is 2.36. The third kappa shape index (κ3) is 5.04. The van der Waals surface area contributed by atoms with Crippen LogP contribution in [0.2, 0.25) is 0 Å². The van der Waals surface area contributed by atoms with Crippen molar-refractivity contribution >= 4 is 23.5 Å². The summed E-state index contributed by atoms with van der Waals surface area (Å²) >= 11 is 0. The molecule has 1 aromatic heterocycles. The van der Waals surface area contributed by atoms with Crippen LogP contribution in [0.15, 0.2) is 90.1 Å². The Kier molecular flexibility index (Phi) is 7.02. The fraction of sp³-hybridized carbons (Fsp3) is 0.138. The number of nitrogens with one attached hydrogen (secondary N) is 1. The maximum absolute atomic E-state index is 13.5. The number of ether oxygens (including phenoxy) is 1.